The van der Waals surface area contributed by atoms with Gasteiger partial charge in [0.2, 0.25) is 0 Å². The third-order valence-corrected chi connectivity index (χ3v) is 3.87. The van der Waals surface area contributed by atoms with E-state index in [1.165, 1.54) is 16.7 Å². The van der Waals surface area contributed by atoms with Gasteiger partial charge in [-0.25, -0.2) is 0 Å². The maximum atomic E-state index is 11.6. The lowest BCUT2D eigenvalue weighted by Crippen LogP contribution is -1.94. The summed E-state index contributed by atoms with van der Waals surface area (Å²) in [6, 6.07) is 6.26. The quantitative estimate of drug-likeness (QED) is 0.556. The first kappa shape index (κ1) is 7.87. The Morgan fingerprint density at radius 1 is 1.33 bits per heavy atom. The molecule has 0 amide bonds. The molecule has 0 radical (unpaired) electrons. The van der Waals surface area contributed by atoms with E-state index in [-0.39, 0.29) is 0 Å². The van der Waals surface area contributed by atoms with E-state index in [0.29, 0.717) is 11.5 Å². The summed E-state index contributed by atoms with van der Waals surface area (Å²) in [5.74, 6) is 5.08. The molecule has 0 aliphatic carbocycles. The lowest BCUT2D eigenvalue weighted by Gasteiger charge is -1.96. The molecule has 0 fully saturated rings. The van der Waals surface area contributed by atoms with Gasteiger partial charge in [-0.2, -0.15) is 0 Å². The minimum Gasteiger partial charge on any atom is -0.267 e. The summed E-state index contributed by atoms with van der Waals surface area (Å²) in [7, 11) is -1.82. The first-order valence-corrected chi connectivity index (χ1v) is 6.04. The largest absolute Gasteiger partial charge is 0.267 e. The molecule has 1 aromatic carbocycles. The van der Waals surface area contributed by atoms with E-state index in [9.17, 15) is 4.21 Å². The van der Waals surface area contributed by atoms with Gasteiger partial charge in [-0.15, -0.1) is 0 Å². The van der Waals surface area contributed by atoms with Crippen LogP contribution >= 0.6 is 0 Å². The molecule has 0 saturated carbocycles. The highest BCUT2D eigenvalue weighted by Gasteiger charge is 2.18. The van der Waals surface area contributed by atoms with Gasteiger partial charge in [0.1, 0.15) is 0 Å². The van der Waals surface area contributed by atoms with Gasteiger partial charge in [-0.1, -0.05) is 23.8 Å². The zero-order valence-corrected chi connectivity index (χ0v) is 7.99. The molecule has 64 valence electrons. The Labute approximate surface area is 73.4 Å². The van der Waals surface area contributed by atoms with Gasteiger partial charge in [0, 0.05) is 11.5 Å². The summed E-state index contributed by atoms with van der Waals surface area (Å²) in [5, 5.41) is 0. The van der Waals surface area contributed by atoms with Crippen LogP contribution in [-0.2, 0) is 21.0 Å². The minimum absolute atomic E-state index is 0.669. The van der Waals surface area contributed by atoms with Crippen molar-refractivity contribution in [2.75, 3.05) is 0 Å². The summed E-state index contributed by atoms with van der Waals surface area (Å²) < 4.78 is 11.6. The highest BCUT2D eigenvalue weighted by Crippen LogP contribution is 2.25. The normalized spacial score (nSPS) is 27.1. The van der Waals surface area contributed by atoms with Crippen LogP contribution < -0.4 is 0 Å². The first-order chi connectivity index (χ1) is 5.57. The van der Waals surface area contributed by atoms with Crippen LogP contribution in [0.1, 0.15) is 16.7 Å². The van der Waals surface area contributed by atoms with Crippen molar-refractivity contribution in [2.24, 2.45) is 0 Å². The Morgan fingerprint density at radius 3 is 2.75 bits per heavy atom. The van der Waals surface area contributed by atoms with Crippen LogP contribution in [0.5, 0.6) is 0 Å². The van der Waals surface area contributed by atoms with E-state index in [1.807, 2.05) is 0 Å². The Morgan fingerprint density at radius 2 is 2.00 bits per heavy atom. The standard InChI is InChI=1S/C10H12OS/c1-8-3-4-9-6-12(2,11)7-10(9)5-8/h3-5H,2,6-7H2,1H3. The lowest BCUT2D eigenvalue weighted by atomic mass is 10.1. The van der Waals surface area contributed by atoms with E-state index in [2.05, 4.69) is 31.0 Å². The van der Waals surface area contributed by atoms with Crippen LogP contribution in [0.3, 0.4) is 0 Å². The second-order valence-corrected chi connectivity index (χ2v) is 6.04. The lowest BCUT2D eigenvalue weighted by molar-refractivity contribution is 0.682. The summed E-state index contributed by atoms with van der Waals surface area (Å²) in [5.41, 5.74) is 3.70. The molecule has 1 aliphatic rings. The third kappa shape index (κ3) is 1.27. The average molecular weight is 180 g/mol. The van der Waals surface area contributed by atoms with Crippen molar-refractivity contribution in [1.82, 2.24) is 0 Å². The van der Waals surface area contributed by atoms with E-state index in [4.69, 9.17) is 0 Å². The van der Waals surface area contributed by atoms with Crippen molar-refractivity contribution in [3.05, 3.63) is 34.9 Å². The van der Waals surface area contributed by atoms with Crippen LogP contribution in [-0.4, -0.2) is 10.1 Å². The van der Waals surface area contributed by atoms with Crippen molar-refractivity contribution in [3.8, 4) is 0 Å². The Hall–Kier alpha value is -0.760. The van der Waals surface area contributed by atoms with Crippen LogP contribution in [0.15, 0.2) is 18.2 Å². The molecule has 2 rings (SSSR count). The van der Waals surface area contributed by atoms with Crippen LogP contribution in [0.4, 0.5) is 0 Å². The highest BCUT2D eigenvalue weighted by atomic mass is 32.2. The molecule has 1 nitrogen and oxygen atoms in total. The molecular formula is C10H12OS. The Kier molecular flexibility index (Phi) is 1.55. The molecule has 1 aliphatic heterocycles. The second kappa shape index (κ2) is 2.36. The monoisotopic (exact) mass is 180 g/mol. The van der Waals surface area contributed by atoms with Crippen LogP contribution in [0.25, 0.3) is 0 Å². The van der Waals surface area contributed by atoms with Gasteiger partial charge in [-0.05, 0) is 33.4 Å². The van der Waals surface area contributed by atoms with Gasteiger partial charge < -0.3 is 0 Å². The summed E-state index contributed by atoms with van der Waals surface area (Å²) in [6.45, 7) is 2.06. The smallest absolute Gasteiger partial charge is 0.0416 e. The number of aryl methyl sites for hydroxylation is 1. The van der Waals surface area contributed by atoms with E-state index >= 15 is 0 Å². The van der Waals surface area contributed by atoms with Crippen molar-refractivity contribution < 1.29 is 4.21 Å². The van der Waals surface area contributed by atoms with E-state index < -0.39 is 9.52 Å². The molecule has 1 heterocycles. The molecule has 2 heteroatoms. The van der Waals surface area contributed by atoms with Gasteiger partial charge in [0.15, 0.2) is 0 Å². The predicted molar refractivity (Wildman–Crippen MR) is 53.9 cm³/mol. The number of benzene rings is 1. The SMILES string of the molecule is C=S1(=O)Cc2ccc(C)cc2C1. The fourth-order valence-electron chi connectivity index (χ4n) is 1.65. The number of rotatable bonds is 0. The average Bonchev–Trinajstić information content (AvgIpc) is 2.21. The Balaban J connectivity index is 2.56. The Bertz CT molecular complexity index is 415. The van der Waals surface area contributed by atoms with E-state index in [1.54, 1.807) is 0 Å². The highest BCUT2D eigenvalue weighted by molar-refractivity contribution is 7.99. The van der Waals surface area contributed by atoms with Crippen molar-refractivity contribution in [1.29, 1.82) is 0 Å². The molecule has 0 bridgehead atoms. The van der Waals surface area contributed by atoms with Crippen molar-refractivity contribution >= 4 is 15.4 Å². The first-order valence-electron chi connectivity index (χ1n) is 3.98. The van der Waals surface area contributed by atoms with Gasteiger partial charge in [0.05, 0.1) is 0 Å². The molecule has 1 aromatic rings. The molecular weight excluding hydrogens is 168 g/mol. The zero-order chi connectivity index (χ0) is 8.77. The summed E-state index contributed by atoms with van der Waals surface area (Å²) >= 11 is 0. The van der Waals surface area contributed by atoms with E-state index in [0.717, 1.165) is 0 Å². The second-order valence-electron chi connectivity index (χ2n) is 3.53. The fraction of sp³-hybridized carbons (Fsp3) is 0.300. The maximum Gasteiger partial charge on any atom is 0.0416 e. The van der Waals surface area contributed by atoms with Crippen LogP contribution in [0.2, 0.25) is 0 Å². The molecule has 0 N–H and O–H groups in total. The molecule has 0 aromatic heterocycles. The summed E-state index contributed by atoms with van der Waals surface area (Å²) in [6.07, 6.45) is 0. The third-order valence-electron chi connectivity index (χ3n) is 2.20. The van der Waals surface area contributed by atoms with Gasteiger partial charge in [-0.3, -0.25) is 4.21 Å². The molecule has 0 saturated heterocycles. The topological polar surface area (TPSA) is 17.1 Å². The molecule has 12 heavy (non-hydrogen) atoms. The zero-order valence-electron chi connectivity index (χ0n) is 7.17. The number of fused-ring (bicyclic) bond motifs is 1. The van der Waals surface area contributed by atoms with Gasteiger partial charge in [0.25, 0.3) is 0 Å². The maximum absolute atomic E-state index is 11.6. The van der Waals surface area contributed by atoms with Crippen molar-refractivity contribution in [2.45, 2.75) is 18.4 Å². The minimum atomic E-state index is -1.82. The predicted octanol–water partition coefficient (Wildman–Crippen LogP) is 1.73. The molecule has 1 unspecified atom stereocenters. The number of hydrogen-bond donors (Lipinski definition) is 0. The number of hydrogen-bond acceptors (Lipinski definition) is 1. The van der Waals surface area contributed by atoms with Crippen LogP contribution in [0, 0.1) is 6.92 Å². The van der Waals surface area contributed by atoms with Gasteiger partial charge >= 0.3 is 0 Å². The molecule has 0 spiro atoms. The molecule has 1 atom stereocenters. The summed E-state index contributed by atoms with van der Waals surface area (Å²) in [4.78, 5) is 0. The van der Waals surface area contributed by atoms with Crippen molar-refractivity contribution in [3.63, 3.8) is 0 Å². The fourth-order valence-corrected chi connectivity index (χ4v) is 3.43.